The van der Waals surface area contributed by atoms with E-state index in [0.29, 0.717) is 36.0 Å². The molecule has 1 N–H and O–H groups in total. The standard InChI is InChI=1S/C22H26FN3O3S/c1-24-21-25-19(20(27)28-4)18(30-21)13-22(9-10-22)14-29-17-8-7-15(12-16(17)23)6-5-11-26(2)3/h7-8,12H,9-11,13-14H2,1-4H3,(H,24,25). The van der Waals surface area contributed by atoms with E-state index in [1.54, 1.807) is 19.2 Å². The maximum atomic E-state index is 14.4. The third-order valence-corrected chi connectivity index (χ3v) is 5.95. The lowest BCUT2D eigenvalue weighted by Gasteiger charge is -2.16. The Bertz CT molecular complexity index is 974. The van der Waals surface area contributed by atoms with Crippen LogP contribution in [0.2, 0.25) is 0 Å². The molecule has 0 radical (unpaired) electrons. The van der Waals surface area contributed by atoms with Gasteiger partial charge in [0.05, 0.1) is 20.3 Å². The Morgan fingerprint density at radius 3 is 2.77 bits per heavy atom. The number of rotatable bonds is 8. The molecular weight excluding hydrogens is 405 g/mol. The molecular formula is C22H26FN3O3S. The van der Waals surface area contributed by atoms with Crippen LogP contribution < -0.4 is 10.1 Å². The quantitative estimate of drug-likeness (QED) is 0.510. The predicted octanol–water partition coefficient (Wildman–Crippen LogP) is 3.43. The van der Waals surface area contributed by atoms with Gasteiger partial charge in [-0.2, -0.15) is 0 Å². The number of hydrogen-bond acceptors (Lipinski definition) is 7. The molecule has 1 fully saturated rings. The molecule has 1 aliphatic carbocycles. The van der Waals surface area contributed by atoms with Crippen molar-refractivity contribution in [2.24, 2.45) is 5.41 Å². The van der Waals surface area contributed by atoms with Crippen LogP contribution in [0, 0.1) is 23.1 Å². The molecule has 0 spiro atoms. The monoisotopic (exact) mass is 431 g/mol. The Morgan fingerprint density at radius 2 is 2.17 bits per heavy atom. The largest absolute Gasteiger partial charge is 0.490 e. The van der Waals surface area contributed by atoms with Crippen LogP contribution in [0.15, 0.2) is 18.2 Å². The number of nitrogens with one attached hydrogen (secondary N) is 1. The summed E-state index contributed by atoms with van der Waals surface area (Å²) in [6, 6.07) is 4.78. The molecule has 0 amide bonds. The Kier molecular flexibility index (Phi) is 6.95. The molecule has 0 saturated heterocycles. The van der Waals surface area contributed by atoms with Gasteiger partial charge in [-0.1, -0.05) is 11.8 Å². The van der Waals surface area contributed by atoms with Crippen LogP contribution in [-0.2, 0) is 11.2 Å². The van der Waals surface area contributed by atoms with E-state index in [2.05, 4.69) is 22.1 Å². The normalized spacial score (nSPS) is 14.1. The maximum absolute atomic E-state index is 14.4. The average Bonchev–Trinajstić information content (AvgIpc) is 3.36. The number of benzene rings is 1. The fourth-order valence-corrected chi connectivity index (χ4v) is 4.03. The number of carbonyl (C=O) groups is 1. The number of anilines is 1. The van der Waals surface area contributed by atoms with E-state index in [0.717, 1.165) is 17.7 Å². The van der Waals surface area contributed by atoms with Crippen LogP contribution in [0.4, 0.5) is 9.52 Å². The second kappa shape index (κ2) is 9.45. The fraction of sp³-hybridized carbons (Fsp3) is 0.455. The number of carbonyl (C=O) groups excluding carboxylic acids is 1. The van der Waals surface area contributed by atoms with Gasteiger partial charge in [0.25, 0.3) is 0 Å². The summed E-state index contributed by atoms with van der Waals surface area (Å²) < 4.78 is 25.1. The zero-order valence-electron chi connectivity index (χ0n) is 17.7. The first-order chi connectivity index (χ1) is 14.4. The fourth-order valence-electron chi connectivity index (χ4n) is 2.95. The van der Waals surface area contributed by atoms with E-state index >= 15 is 0 Å². The van der Waals surface area contributed by atoms with Gasteiger partial charge in [-0.3, -0.25) is 4.90 Å². The third-order valence-electron chi connectivity index (χ3n) is 4.88. The highest BCUT2D eigenvalue weighted by Crippen LogP contribution is 2.50. The molecule has 1 heterocycles. The zero-order valence-corrected chi connectivity index (χ0v) is 18.5. The lowest BCUT2D eigenvalue weighted by Crippen LogP contribution is -2.17. The summed E-state index contributed by atoms with van der Waals surface area (Å²) in [5.41, 5.74) is 0.844. The van der Waals surface area contributed by atoms with Crippen molar-refractivity contribution in [1.82, 2.24) is 9.88 Å². The van der Waals surface area contributed by atoms with Crippen molar-refractivity contribution in [1.29, 1.82) is 0 Å². The van der Waals surface area contributed by atoms with Crippen LogP contribution >= 0.6 is 11.3 Å². The van der Waals surface area contributed by atoms with Crippen molar-refractivity contribution in [2.45, 2.75) is 19.3 Å². The summed E-state index contributed by atoms with van der Waals surface area (Å²) in [6.07, 6.45) is 2.55. The van der Waals surface area contributed by atoms with Gasteiger partial charge in [0, 0.05) is 22.9 Å². The van der Waals surface area contributed by atoms with E-state index in [-0.39, 0.29) is 11.2 Å². The molecule has 1 aromatic carbocycles. The number of halogens is 1. The molecule has 0 unspecified atom stereocenters. The highest BCUT2D eigenvalue weighted by atomic mass is 32.1. The number of esters is 1. The van der Waals surface area contributed by atoms with Gasteiger partial charge in [0.2, 0.25) is 0 Å². The molecule has 160 valence electrons. The molecule has 6 nitrogen and oxygen atoms in total. The number of nitrogens with zero attached hydrogens (tertiary/aromatic N) is 2. The molecule has 0 aliphatic heterocycles. The van der Waals surface area contributed by atoms with Gasteiger partial charge in [-0.25, -0.2) is 14.2 Å². The van der Waals surface area contributed by atoms with E-state index in [1.807, 2.05) is 19.0 Å². The molecule has 8 heteroatoms. The lowest BCUT2D eigenvalue weighted by atomic mass is 10.0. The minimum absolute atomic E-state index is 0.114. The van der Waals surface area contributed by atoms with Gasteiger partial charge in [-0.15, -0.1) is 11.3 Å². The van der Waals surface area contributed by atoms with E-state index in [4.69, 9.17) is 9.47 Å². The Hall–Kier alpha value is -2.63. The first kappa shape index (κ1) is 22.1. The molecule has 1 aromatic heterocycles. The third kappa shape index (κ3) is 5.49. The van der Waals surface area contributed by atoms with Gasteiger partial charge >= 0.3 is 5.97 Å². The number of ether oxygens (including phenoxy) is 2. The zero-order chi connectivity index (χ0) is 21.7. The molecule has 30 heavy (non-hydrogen) atoms. The summed E-state index contributed by atoms with van der Waals surface area (Å²) in [6.45, 7) is 0.992. The van der Waals surface area contributed by atoms with Crippen molar-refractivity contribution >= 4 is 22.4 Å². The average molecular weight is 432 g/mol. The Balaban J connectivity index is 1.66. The summed E-state index contributed by atoms with van der Waals surface area (Å²) in [4.78, 5) is 19.2. The van der Waals surface area contributed by atoms with Crippen LogP contribution in [0.5, 0.6) is 5.75 Å². The molecule has 3 rings (SSSR count). The predicted molar refractivity (Wildman–Crippen MR) is 116 cm³/mol. The number of thiazole rings is 1. The first-order valence-electron chi connectivity index (χ1n) is 9.67. The van der Waals surface area contributed by atoms with Crippen LogP contribution in [-0.4, -0.2) is 57.3 Å². The molecule has 2 aromatic rings. The maximum Gasteiger partial charge on any atom is 0.357 e. The van der Waals surface area contributed by atoms with Gasteiger partial charge in [0.1, 0.15) is 0 Å². The smallest absolute Gasteiger partial charge is 0.357 e. The summed E-state index contributed by atoms with van der Waals surface area (Å²) in [5.74, 6) is 5.28. The number of methoxy groups -OCH3 is 1. The topological polar surface area (TPSA) is 63.7 Å². The molecule has 1 saturated carbocycles. The van der Waals surface area contributed by atoms with Crippen LogP contribution in [0.1, 0.15) is 33.8 Å². The highest BCUT2D eigenvalue weighted by molar-refractivity contribution is 7.15. The first-order valence-corrected chi connectivity index (χ1v) is 10.5. The van der Waals surface area contributed by atoms with Crippen molar-refractivity contribution in [3.8, 4) is 17.6 Å². The second-order valence-electron chi connectivity index (χ2n) is 7.68. The highest BCUT2D eigenvalue weighted by Gasteiger charge is 2.45. The van der Waals surface area contributed by atoms with Crippen LogP contribution in [0.25, 0.3) is 0 Å². The summed E-state index contributed by atoms with van der Waals surface area (Å²) >= 11 is 1.44. The van der Waals surface area contributed by atoms with Gasteiger partial charge in [0.15, 0.2) is 22.4 Å². The summed E-state index contributed by atoms with van der Waals surface area (Å²) in [7, 11) is 6.97. The Labute approximate surface area is 180 Å². The van der Waals surface area contributed by atoms with Gasteiger partial charge in [-0.05, 0) is 51.6 Å². The van der Waals surface area contributed by atoms with Crippen molar-refractivity contribution in [3.63, 3.8) is 0 Å². The van der Waals surface area contributed by atoms with Gasteiger partial charge < -0.3 is 14.8 Å². The SMILES string of the molecule is CNc1nc(C(=O)OC)c(CC2(COc3ccc(C#CCN(C)C)cc3F)CC2)s1. The van der Waals surface area contributed by atoms with E-state index in [1.165, 1.54) is 24.5 Å². The van der Waals surface area contributed by atoms with Crippen LogP contribution in [0.3, 0.4) is 0 Å². The van der Waals surface area contributed by atoms with Crippen molar-refractivity contribution in [2.75, 3.05) is 46.7 Å². The van der Waals surface area contributed by atoms with E-state index < -0.39 is 11.8 Å². The Morgan fingerprint density at radius 1 is 1.40 bits per heavy atom. The number of aromatic nitrogens is 1. The number of hydrogen-bond donors (Lipinski definition) is 1. The molecule has 1 aliphatic rings. The van der Waals surface area contributed by atoms with Crippen molar-refractivity contribution < 1.29 is 18.7 Å². The second-order valence-corrected chi connectivity index (χ2v) is 8.77. The summed E-state index contributed by atoms with van der Waals surface area (Å²) in [5, 5.41) is 3.64. The van der Waals surface area contributed by atoms with Crippen molar-refractivity contribution in [3.05, 3.63) is 40.2 Å². The molecule has 0 atom stereocenters. The lowest BCUT2D eigenvalue weighted by molar-refractivity contribution is 0.0593. The van der Waals surface area contributed by atoms with E-state index in [9.17, 15) is 9.18 Å². The minimum Gasteiger partial charge on any atom is -0.490 e. The minimum atomic E-state index is -0.448. The molecule has 0 bridgehead atoms.